The van der Waals surface area contributed by atoms with Crippen molar-refractivity contribution in [2.75, 3.05) is 0 Å². The van der Waals surface area contributed by atoms with Crippen molar-refractivity contribution in [3.8, 4) is 0 Å². The lowest BCUT2D eigenvalue weighted by molar-refractivity contribution is -0.133. The van der Waals surface area contributed by atoms with Crippen LogP contribution in [0.3, 0.4) is 0 Å². The third-order valence-corrected chi connectivity index (χ3v) is 6.07. The molecule has 0 unspecified atom stereocenters. The second kappa shape index (κ2) is 6.35. The minimum absolute atomic E-state index is 0.397. The van der Waals surface area contributed by atoms with Crippen molar-refractivity contribution in [1.82, 2.24) is 0 Å². The third-order valence-electron chi connectivity index (χ3n) is 2.70. The Hall–Kier alpha value is -1.62. The standard InChI is InChI=1S/C13H18O4Si/c1-4-18(5-2,16-11(3)14)17-13(15)12-9-7-6-8-10-12/h6-10H,4-5H2,1-3H3. The molecule has 0 saturated heterocycles. The normalized spacial score (nSPS) is 10.8. The van der Waals surface area contributed by atoms with Crippen molar-refractivity contribution >= 4 is 20.5 Å². The highest BCUT2D eigenvalue weighted by molar-refractivity contribution is 6.70. The first-order chi connectivity index (χ1) is 8.53. The van der Waals surface area contributed by atoms with E-state index in [-0.39, 0.29) is 0 Å². The van der Waals surface area contributed by atoms with Gasteiger partial charge in [-0.15, -0.1) is 0 Å². The summed E-state index contributed by atoms with van der Waals surface area (Å²) >= 11 is 0. The smallest absolute Gasteiger partial charge is 0.463 e. The quantitative estimate of drug-likeness (QED) is 0.769. The van der Waals surface area contributed by atoms with E-state index in [1.165, 1.54) is 6.92 Å². The maximum Gasteiger partial charge on any atom is 0.463 e. The summed E-state index contributed by atoms with van der Waals surface area (Å²) in [6.45, 7) is 5.08. The zero-order chi connectivity index (χ0) is 13.6. The van der Waals surface area contributed by atoms with Gasteiger partial charge in [0.05, 0.1) is 5.56 Å². The van der Waals surface area contributed by atoms with Gasteiger partial charge in [0.15, 0.2) is 0 Å². The summed E-state index contributed by atoms with van der Waals surface area (Å²) in [5, 5.41) is 0. The van der Waals surface area contributed by atoms with Gasteiger partial charge in [-0.3, -0.25) is 4.79 Å². The van der Waals surface area contributed by atoms with Crippen molar-refractivity contribution in [1.29, 1.82) is 0 Å². The Balaban J connectivity index is 2.84. The number of carbonyl (C=O) groups is 2. The summed E-state index contributed by atoms with van der Waals surface area (Å²) in [5.41, 5.74) is 0.475. The largest absolute Gasteiger partial charge is 0.485 e. The van der Waals surface area contributed by atoms with E-state index in [1.54, 1.807) is 24.3 Å². The lowest BCUT2D eigenvalue weighted by atomic mass is 10.2. The van der Waals surface area contributed by atoms with Gasteiger partial charge in [0.25, 0.3) is 5.97 Å². The van der Waals surface area contributed by atoms with Crippen LogP contribution in [0.15, 0.2) is 30.3 Å². The maximum atomic E-state index is 12.0. The minimum atomic E-state index is -2.75. The van der Waals surface area contributed by atoms with Crippen LogP contribution < -0.4 is 0 Å². The van der Waals surface area contributed by atoms with Crippen LogP contribution in [0.5, 0.6) is 0 Å². The Morgan fingerprint density at radius 3 is 2.06 bits per heavy atom. The molecule has 0 fully saturated rings. The molecule has 0 radical (unpaired) electrons. The minimum Gasteiger partial charge on any atom is -0.485 e. The fourth-order valence-corrected chi connectivity index (χ4v) is 3.72. The van der Waals surface area contributed by atoms with Gasteiger partial charge in [-0.25, -0.2) is 4.79 Å². The summed E-state index contributed by atoms with van der Waals surface area (Å²) < 4.78 is 10.8. The molecule has 0 amide bonds. The van der Waals surface area contributed by atoms with E-state index in [1.807, 2.05) is 19.9 Å². The molecule has 1 aromatic rings. The molecule has 0 aliphatic heterocycles. The fraction of sp³-hybridized carbons (Fsp3) is 0.385. The molecule has 5 heteroatoms. The van der Waals surface area contributed by atoms with Crippen LogP contribution in [-0.2, 0) is 13.6 Å². The molecule has 18 heavy (non-hydrogen) atoms. The van der Waals surface area contributed by atoms with Crippen molar-refractivity contribution in [3.05, 3.63) is 35.9 Å². The van der Waals surface area contributed by atoms with Crippen LogP contribution in [0, 0.1) is 0 Å². The summed E-state index contributed by atoms with van der Waals surface area (Å²) in [6.07, 6.45) is 0. The average molecular weight is 266 g/mol. The van der Waals surface area contributed by atoms with E-state index < -0.39 is 20.5 Å². The molecule has 0 aliphatic carbocycles. The van der Waals surface area contributed by atoms with Crippen LogP contribution in [-0.4, -0.2) is 20.5 Å². The molecular formula is C13H18O4Si. The first-order valence-corrected chi connectivity index (χ1v) is 8.24. The van der Waals surface area contributed by atoms with Crippen molar-refractivity contribution < 1.29 is 18.4 Å². The number of rotatable bonds is 5. The highest BCUT2D eigenvalue weighted by Crippen LogP contribution is 2.20. The van der Waals surface area contributed by atoms with E-state index in [0.29, 0.717) is 17.7 Å². The molecule has 1 aromatic carbocycles. The summed E-state index contributed by atoms with van der Waals surface area (Å²) in [6, 6.07) is 9.84. The van der Waals surface area contributed by atoms with Gasteiger partial charge in [0, 0.05) is 19.0 Å². The van der Waals surface area contributed by atoms with E-state index in [9.17, 15) is 9.59 Å². The molecular weight excluding hydrogens is 248 g/mol. The number of benzene rings is 1. The van der Waals surface area contributed by atoms with Crippen LogP contribution in [0.4, 0.5) is 0 Å². The molecule has 1 rings (SSSR count). The number of hydrogen-bond donors (Lipinski definition) is 0. The molecule has 0 heterocycles. The Morgan fingerprint density at radius 1 is 1.06 bits per heavy atom. The highest BCUT2D eigenvalue weighted by atomic mass is 28.4. The summed E-state index contributed by atoms with van der Waals surface area (Å²) in [5.74, 6) is -0.821. The van der Waals surface area contributed by atoms with Gasteiger partial charge < -0.3 is 8.85 Å². The highest BCUT2D eigenvalue weighted by Gasteiger charge is 2.41. The van der Waals surface area contributed by atoms with Crippen molar-refractivity contribution in [2.45, 2.75) is 32.9 Å². The monoisotopic (exact) mass is 266 g/mol. The predicted octanol–water partition coefficient (Wildman–Crippen LogP) is 2.89. The molecule has 0 bridgehead atoms. The Bertz CT molecular complexity index is 412. The van der Waals surface area contributed by atoms with Crippen molar-refractivity contribution in [2.24, 2.45) is 0 Å². The van der Waals surface area contributed by atoms with Crippen LogP contribution >= 0.6 is 0 Å². The van der Waals surface area contributed by atoms with Gasteiger partial charge in [-0.2, -0.15) is 0 Å². The first kappa shape index (κ1) is 14.4. The number of carbonyl (C=O) groups excluding carboxylic acids is 2. The van der Waals surface area contributed by atoms with E-state index >= 15 is 0 Å². The van der Waals surface area contributed by atoms with Gasteiger partial charge in [-0.05, 0) is 12.1 Å². The average Bonchev–Trinajstić information content (AvgIpc) is 2.38. The van der Waals surface area contributed by atoms with E-state index in [2.05, 4.69) is 0 Å². The molecule has 0 saturated carbocycles. The summed E-state index contributed by atoms with van der Waals surface area (Å²) in [7, 11) is -2.75. The lowest BCUT2D eigenvalue weighted by Gasteiger charge is -2.26. The topological polar surface area (TPSA) is 52.6 Å². The molecule has 0 N–H and O–H groups in total. The molecule has 0 aliphatic rings. The lowest BCUT2D eigenvalue weighted by Crippen LogP contribution is -2.44. The Labute approximate surface area is 108 Å². The molecule has 0 aromatic heterocycles. The van der Waals surface area contributed by atoms with E-state index in [4.69, 9.17) is 8.85 Å². The Kier molecular flexibility index (Phi) is 5.09. The maximum absolute atomic E-state index is 12.0. The van der Waals surface area contributed by atoms with Crippen LogP contribution in [0.25, 0.3) is 0 Å². The fourth-order valence-electron chi connectivity index (χ4n) is 1.62. The SMILES string of the molecule is CC[Si](CC)(OC(C)=O)OC(=O)c1ccccc1. The molecule has 0 spiro atoms. The zero-order valence-corrected chi connectivity index (χ0v) is 11.9. The van der Waals surface area contributed by atoms with E-state index in [0.717, 1.165) is 0 Å². The second-order valence-electron chi connectivity index (χ2n) is 3.97. The van der Waals surface area contributed by atoms with Gasteiger partial charge in [-0.1, -0.05) is 32.0 Å². The number of hydrogen-bond acceptors (Lipinski definition) is 4. The third kappa shape index (κ3) is 3.70. The van der Waals surface area contributed by atoms with Gasteiger partial charge in [0.2, 0.25) is 0 Å². The van der Waals surface area contributed by atoms with Gasteiger partial charge >= 0.3 is 14.5 Å². The molecule has 98 valence electrons. The molecule has 0 atom stereocenters. The van der Waals surface area contributed by atoms with Crippen LogP contribution in [0.2, 0.25) is 12.1 Å². The first-order valence-electron chi connectivity index (χ1n) is 6.01. The predicted molar refractivity (Wildman–Crippen MR) is 70.3 cm³/mol. The Morgan fingerprint density at radius 2 is 1.61 bits per heavy atom. The second-order valence-corrected chi connectivity index (χ2v) is 7.61. The van der Waals surface area contributed by atoms with Gasteiger partial charge in [0.1, 0.15) is 0 Å². The van der Waals surface area contributed by atoms with Crippen molar-refractivity contribution in [3.63, 3.8) is 0 Å². The zero-order valence-electron chi connectivity index (χ0n) is 10.9. The molecule has 4 nitrogen and oxygen atoms in total. The summed E-state index contributed by atoms with van der Waals surface area (Å²) in [4.78, 5) is 23.1. The van der Waals surface area contributed by atoms with Crippen LogP contribution in [0.1, 0.15) is 31.1 Å².